The Balaban J connectivity index is 2.28. The summed E-state index contributed by atoms with van der Waals surface area (Å²) in [6, 6.07) is 6.71. The van der Waals surface area contributed by atoms with Crippen LogP contribution in [0, 0.1) is 5.92 Å². The Kier molecular flexibility index (Phi) is 5.45. The van der Waals surface area contributed by atoms with Gasteiger partial charge in [-0.1, -0.05) is 29.8 Å². The number of aliphatic carboxylic acids is 1. The van der Waals surface area contributed by atoms with E-state index in [1.54, 1.807) is 6.08 Å². The second-order valence-corrected chi connectivity index (χ2v) is 6.90. The van der Waals surface area contributed by atoms with E-state index in [1.807, 2.05) is 12.1 Å². The molecule has 0 unspecified atom stereocenters. The van der Waals surface area contributed by atoms with Gasteiger partial charge in [-0.15, -0.1) is 0 Å². The number of halogens is 1. The number of anilines is 1. The molecule has 0 aliphatic heterocycles. The van der Waals surface area contributed by atoms with Gasteiger partial charge in [0.25, 0.3) is 0 Å². The summed E-state index contributed by atoms with van der Waals surface area (Å²) in [5.74, 6) is -0.249. The molecule has 3 nitrogen and oxygen atoms in total. The largest absolute Gasteiger partial charge is 0.478 e. The predicted molar refractivity (Wildman–Crippen MR) is 90.6 cm³/mol. The molecule has 1 aliphatic carbocycles. The molecule has 1 aliphatic rings. The van der Waals surface area contributed by atoms with Crippen LogP contribution in [0.25, 0.3) is 6.08 Å². The van der Waals surface area contributed by atoms with Gasteiger partial charge in [0, 0.05) is 28.8 Å². The van der Waals surface area contributed by atoms with Crippen LogP contribution in [0.4, 0.5) is 5.69 Å². The van der Waals surface area contributed by atoms with E-state index in [0.717, 1.165) is 28.7 Å². The van der Waals surface area contributed by atoms with Crippen molar-refractivity contribution in [2.45, 2.75) is 39.2 Å². The van der Waals surface area contributed by atoms with Crippen molar-refractivity contribution in [1.82, 2.24) is 0 Å². The third-order valence-electron chi connectivity index (χ3n) is 3.64. The second kappa shape index (κ2) is 7.12. The molecule has 114 valence electrons. The minimum atomic E-state index is -0.916. The van der Waals surface area contributed by atoms with E-state index in [1.165, 1.54) is 18.9 Å². The highest BCUT2D eigenvalue weighted by atomic mass is 79.9. The van der Waals surface area contributed by atoms with E-state index in [0.29, 0.717) is 12.0 Å². The minimum Gasteiger partial charge on any atom is -0.478 e. The van der Waals surface area contributed by atoms with Gasteiger partial charge in [-0.3, -0.25) is 0 Å². The third-order valence-corrected chi connectivity index (χ3v) is 4.13. The van der Waals surface area contributed by atoms with Crippen LogP contribution in [0.1, 0.15) is 38.7 Å². The van der Waals surface area contributed by atoms with Crippen LogP contribution in [0.15, 0.2) is 28.7 Å². The molecule has 0 radical (unpaired) electrons. The maximum Gasteiger partial charge on any atom is 0.328 e. The summed E-state index contributed by atoms with van der Waals surface area (Å²) in [6.45, 7) is 5.49. The summed E-state index contributed by atoms with van der Waals surface area (Å²) in [6.07, 6.45) is 6.51. The summed E-state index contributed by atoms with van der Waals surface area (Å²) in [7, 11) is 0. The summed E-state index contributed by atoms with van der Waals surface area (Å²) in [4.78, 5) is 13.2. The van der Waals surface area contributed by atoms with Crippen molar-refractivity contribution in [2.24, 2.45) is 5.92 Å². The van der Waals surface area contributed by atoms with E-state index >= 15 is 0 Å². The Morgan fingerprint density at radius 2 is 2.19 bits per heavy atom. The first-order valence-corrected chi connectivity index (χ1v) is 8.24. The summed E-state index contributed by atoms with van der Waals surface area (Å²) in [5, 5.41) is 8.86. The third kappa shape index (κ3) is 4.88. The Labute approximate surface area is 134 Å². The Hall–Kier alpha value is -1.29. The average Bonchev–Trinajstić information content (AvgIpc) is 3.22. The molecular formula is C17H22BrNO2. The quantitative estimate of drug-likeness (QED) is 0.732. The lowest BCUT2D eigenvalue weighted by Crippen LogP contribution is -2.28. The van der Waals surface area contributed by atoms with Gasteiger partial charge < -0.3 is 10.0 Å². The van der Waals surface area contributed by atoms with E-state index in [9.17, 15) is 4.79 Å². The van der Waals surface area contributed by atoms with Gasteiger partial charge in [-0.25, -0.2) is 4.79 Å². The molecule has 0 aromatic heterocycles. The van der Waals surface area contributed by atoms with E-state index in [-0.39, 0.29) is 0 Å². The summed E-state index contributed by atoms with van der Waals surface area (Å²) >= 11 is 3.47. The molecule has 0 atom stereocenters. The highest BCUT2D eigenvalue weighted by molar-refractivity contribution is 9.10. The molecule has 1 fully saturated rings. The van der Waals surface area contributed by atoms with Crippen molar-refractivity contribution in [2.75, 3.05) is 11.4 Å². The van der Waals surface area contributed by atoms with Gasteiger partial charge in [0.15, 0.2) is 0 Å². The Morgan fingerprint density at radius 1 is 1.48 bits per heavy atom. The van der Waals surface area contributed by atoms with Gasteiger partial charge in [0.05, 0.1) is 0 Å². The number of carboxylic acid groups (broad SMARTS) is 1. The Morgan fingerprint density at radius 3 is 2.76 bits per heavy atom. The van der Waals surface area contributed by atoms with Crippen LogP contribution in [0.5, 0.6) is 0 Å². The molecule has 21 heavy (non-hydrogen) atoms. The first-order valence-electron chi connectivity index (χ1n) is 7.44. The van der Waals surface area contributed by atoms with Crippen LogP contribution < -0.4 is 4.90 Å². The number of hydrogen-bond donors (Lipinski definition) is 1. The molecule has 0 spiro atoms. The fourth-order valence-corrected chi connectivity index (χ4v) is 2.74. The molecule has 0 amide bonds. The molecule has 0 saturated heterocycles. The zero-order valence-corrected chi connectivity index (χ0v) is 14.1. The number of rotatable bonds is 7. The van der Waals surface area contributed by atoms with Gasteiger partial charge in [-0.05, 0) is 55.0 Å². The molecule has 1 N–H and O–H groups in total. The van der Waals surface area contributed by atoms with E-state index in [4.69, 9.17) is 5.11 Å². The normalized spacial score (nSPS) is 14.9. The van der Waals surface area contributed by atoms with Gasteiger partial charge in [0.2, 0.25) is 0 Å². The number of hydrogen-bond acceptors (Lipinski definition) is 2. The molecule has 4 heteroatoms. The minimum absolute atomic E-state index is 0.613. The standard InChI is InChI=1S/C17H22BrNO2/c1-12(2)9-10-19(15-5-6-15)16-7-4-14(18)11-13(16)3-8-17(20)21/h3-4,7-8,11-12,15H,5-6,9-10H2,1-2H3,(H,20,21)/b8-3+. The number of carbonyl (C=O) groups is 1. The number of nitrogens with zero attached hydrogens (tertiary/aromatic N) is 1. The molecule has 0 heterocycles. The van der Waals surface area contributed by atoms with Gasteiger partial charge in [0.1, 0.15) is 0 Å². The van der Waals surface area contributed by atoms with Crippen LogP contribution in [-0.2, 0) is 4.79 Å². The molecule has 2 rings (SSSR count). The average molecular weight is 352 g/mol. The van der Waals surface area contributed by atoms with Crippen LogP contribution in [-0.4, -0.2) is 23.7 Å². The van der Waals surface area contributed by atoms with Crippen LogP contribution >= 0.6 is 15.9 Å². The first-order chi connectivity index (χ1) is 9.97. The second-order valence-electron chi connectivity index (χ2n) is 5.98. The molecule has 1 aromatic carbocycles. The van der Waals surface area contributed by atoms with Crippen molar-refractivity contribution in [3.8, 4) is 0 Å². The smallest absolute Gasteiger partial charge is 0.328 e. The number of carboxylic acids is 1. The lowest BCUT2D eigenvalue weighted by atomic mass is 10.1. The van der Waals surface area contributed by atoms with E-state index < -0.39 is 5.97 Å². The van der Waals surface area contributed by atoms with Crippen molar-refractivity contribution >= 4 is 33.7 Å². The lowest BCUT2D eigenvalue weighted by Gasteiger charge is -2.27. The van der Waals surface area contributed by atoms with Crippen LogP contribution in [0.3, 0.4) is 0 Å². The predicted octanol–water partition coefficient (Wildman–Crippen LogP) is 4.56. The van der Waals surface area contributed by atoms with E-state index in [2.05, 4.69) is 40.7 Å². The molecule has 0 bridgehead atoms. The molecule has 1 saturated carbocycles. The molecular weight excluding hydrogens is 330 g/mol. The SMILES string of the molecule is CC(C)CCN(c1ccc(Br)cc1/C=C/C(=O)O)C1CC1. The van der Waals surface area contributed by atoms with Crippen molar-refractivity contribution in [3.05, 3.63) is 34.3 Å². The van der Waals surface area contributed by atoms with Crippen molar-refractivity contribution < 1.29 is 9.90 Å². The van der Waals surface area contributed by atoms with Gasteiger partial charge in [-0.2, -0.15) is 0 Å². The fraction of sp³-hybridized carbons (Fsp3) is 0.471. The highest BCUT2D eigenvalue weighted by Gasteiger charge is 2.30. The summed E-state index contributed by atoms with van der Waals surface area (Å²) < 4.78 is 0.968. The molecule has 1 aromatic rings. The topological polar surface area (TPSA) is 40.5 Å². The van der Waals surface area contributed by atoms with Crippen LogP contribution in [0.2, 0.25) is 0 Å². The maximum atomic E-state index is 10.8. The van der Waals surface area contributed by atoms with Crippen molar-refractivity contribution in [1.29, 1.82) is 0 Å². The fourth-order valence-electron chi connectivity index (χ4n) is 2.36. The highest BCUT2D eigenvalue weighted by Crippen LogP contribution is 2.35. The monoisotopic (exact) mass is 351 g/mol. The van der Waals surface area contributed by atoms with Crippen molar-refractivity contribution in [3.63, 3.8) is 0 Å². The Bertz CT molecular complexity index is 536. The lowest BCUT2D eigenvalue weighted by molar-refractivity contribution is -0.131. The first kappa shape index (κ1) is 16.1. The maximum absolute atomic E-state index is 10.8. The van der Waals surface area contributed by atoms with Gasteiger partial charge >= 0.3 is 5.97 Å². The summed E-state index contributed by atoms with van der Waals surface area (Å²) in [5.41, 5.74) is 2.10. The zero-order chi connectivity index (χ0) is 15.4. The zero-order valence-electron chi connectivity index (χ0n) is 12.6. The number of benzene rings is 1.